The smallest absolute Gasteiger partial charge is 0.308 e. The number of hydrogen-bond donors (Lipinski definition) is 1. The van der Waals surface area contributed by atoms with Crippen molar-refractivity contribution in [2.75, 3.05) is 5.32 Å². The van der Waals surface area contributed by atoms with Crippen LogP contribution >= 0.6 is 15.9 Å². The quantitative estimate of drug-likeness (QED) is 0.668. The second-order valence-corrected chi connectivity index (χ2v) is 5.39. The van der Waals surface area contributed by atoms with E-state index in [1.54, 1.807) is 13.0 Å². The predicted molar refractivity (Wildman–Crippen MR) is 82.2 cm³/mol. The molecular weight excluding hydrogens is 353 g/mol. The maximum Gasteiger partial charge on any atom is 0.308 e. The summed E-state index contributed by atoms with van der Waals surface area (Å²) >= 11 is 3.28. The molecule has 0 bridgehead atoms. The van der Waals surface area contributed by atoms with Gasteiger partial charge in [-0.15, -0.1) is 0 Å². The number of amides is 1. The predicted octanol–water partition coefficient (Wildman–Crippen LogP) is 3.67. The molecule has 2 aromatic carbocycles. The Hall–Kier alpha value is -2.39. The van der Waals surface area contributed by atoms with E-state index in [0.717, 1.165) is 0 Å². The average molecular weight is 364 g/mol. The Balaban J connectivity index is 2.40. The van der Waals surface area contributed by atoms with Crippen molar-refractivity contribution in [3.63, 3.8) is 0 Å². The van der Waals surface area contributed by atoms with E-state index in [1.807, 2.05) is 0 Å². The molecule has 22 heavy (non-hydrogen) atoms. The van der Waals surface area contributed by atoms with E-state index in [4.69, 9.17) is 4.74 Å². The molecule has 0 aliphatic rings. The van der Waals surface area contributed by atoms with Crippen LogP contribution in [-0.4, -0.2) is 11.9 Å². The van der Waals surface area contributed by atoms with Crippen molar-refractivity contribution in [3.8, 4) is 5.75 Å². The van der Waals surface area contributed by atoms with Gasteiger partial charge in [-0.25, -0.2) is 0 Å². The van der Waals surface area contributed by atoms with Crippen molar-refractivity contribution in [2.24, 2.45) is 0 Å². The van der Waals surface area contributed by atoms with Crippen LogP contribution in [0.25, 0.3) is 0 Å². The molecule has 1 N–H and O–H groups in total. The first-order valence-corrected chi connectivity index (χ1v) is 7.05. The molecule has 0 spiro atoms. The van der Waals surface area contributed by atoms with E-state index >= 15 is 0 Å². The highest BCUT2D eigenvalue weighted by atomic mass is 79.9. The van der Waals surface area contributed by atoms with Gasteiger partial charge in [0.1, 0.15) is 5.75 Å². The van der Waals surface area contributed by atoms with Gasteiger partial charge in [0.15, 0.2) is 5.82 Å². The van der Waals surface area contributed by atoms with Crippen LogP contribution in [0.5, 0.6) is 5.75 Å². The molecule has 0 aromatic heterocycles. The fourth-order valence-electron chi connectivity index (χ4n) is 1.83. The van der Waals surface area contributed by atoms with Gasteiger partial charge in [-0.2, -0.15) is 4.39 Å². The van der Waals surface area contributed by atoms with E-state index in [-0.39, 0.29) is 17.0 Å². The minimum absolute atomic E-state index is 0.0323. The van der Waals surface area contributed by atoms with Crippen LogP contribution in [0.15, 0.2) is 28.7 Å². The molecule has 0 atom stereocenters. The SMILES string of the molecule is CC(=O)Oc1c(C)cc(Br)cc1C(=O)Nc1ccc#cc1F. The maximum absolute atomic E-state index is 13.5. The number of hydrogen-bond acceptors (Lipinski definition) is 3. The van der Waals surface area contributed by atoms with Crippen LogP contribution < -0.4 is 10.1 Å². The third-order valence-electron chi connectivity index (χ3n) is 2.73. The number of nitrogens with one attached hydrogen (secondary N) is 1. The highest BCUT2D eigenvalue weighted by molar-refractivity contribution is 9.10. The Morgan fingerprint density at radius 2 is 2.09 bits per heavy atom. The lowest BCUT2D eigenvalue weighted by Crippen LogP contribution is -2.16. The molecule has 0 aliphatic heterocycles. The van der Waals surface area contributed by atoms with Crippen molar-refractivity contribution in [3.05, 3.63) is 57.8 Å². The standard InChI is InChI=1S/C16H11BrFNO3/c1-9-7-11(17)8-12(15(9)22-10(2)20)16(21)19-14-6-4-3-5-13(14)18/h4,6-8H,1-2H3,(H,19,21). The Morgan fingerprint density at radius 3 is 2.73 bits per heavy atom. The van der Waals surface area contributed by atoms with Crippen LogP contribution in [-0.2, 0) is 4.79 Å². The lowest BCUT2D eigenvalue weighted by Gasteiger charge is -2.13. The molecule has 1 amide bonds. The van der Waals surface area contributed by atoms with Crippen LogP contribution in [0.1, 0.15) is 22.8 Å². The molecule has 0 aliphatic carbocycles. The van der Waals surface area contributed by atoms with Crippen molar-refractivity contribution in [1.29, 1.82) is 0 Å². The number of carbonyl (C=O) groups excluding carboxylic acids is 2. The van der Waals surface area contributed by atoms with E-state index in [2.05, 4.69) is 33.4 Å². The maximum atomic E-state index is 13.5. The van der Waals surface area contributed by atoms with Crippen LogP contribution in [0.2, 0.25) is 0 Å². The molecule has 0 saturated heterocycles. The summed E-state index contributed by atoms with van der Waals surface area (Å²) in [6.07, 6.45) is 0. The number of aryl methyl sites for hydroxylation is 1. The number of carbonyl (C=O) groups is 2. The summed E-state index contributed by atoms with van der Waals surface area (Å²) in [5, 5.41) is 2.42. The fraction of sp³-hybridized carbons (Fsp3) is 0.125. The van der Waals surface area contributed by atoms with Gasteiger partial charge in [-0.05, 0) is 42.8 Å². The van der Waals surface area contributed by atoms with Gasteiger partial charge in [-0.3, -0.25) is 9.59 Å². The Bertz CT molecular complexity index is 746. The second kappa shape index (κ2) is 6.58. The van der Waals surface area contributed by atoms with Crippen molar-refractivity contribution >= 4 is 33.5 Å². The van der Waals surface area contributed by atoms with Crippen molar-refractivity contribution in [1.82, 2.24) is 0 Å². The molecule has 0 unspecified atom stereocenters. The molecule has 0 saturated carbocycles. The average Bonchev–Trinajstić information content (AvgIpc) is 2.43. The minimum Gasteiger partial charge on any atom is -0.426 e. The van der Waals surface area contributed by atoms with E-state index in [1.165, 1.54) is 25.1 Å². The third kappa shape index (κ3) is 3.62. The number of benzene rings is 1. The summed E-state index contributed by atoms with van der Waals surface area (Å²) in [5.74, 6) is -1.73. The topological polar surface area (TPSA) is 55.4 Å². The number of anilines is 1. The Labute approximate surface area is 135 Å². The van der Waals surface area contributed by atoms with Gasteiger partial charge in [0.25, 0.3) is 5.91 Å². The van der Waals surface area contributed by atoms with E-state index < -0.39 is 17.7 Å². The lowest BCUT2D eigenvalue weighted by atomic mass is 10.1. The molecule has 4 nitrogen and oxygen atoms in total. The van der Waals surface area contributed by atoms with Gasteiger partial charge < -0.3 is 10.1 Å². The summed E-state index contributed by atoms with van der Waals surface area (Å²) in [4.78, 5) is 23.6. The van der Waals surface area contributed by atoms with Crippen LogP contribution in [0.3, 0.4) is 0 Å². The Morgan fingerprint density at radius 1 is 1.36 bits per heavy atom. The molecule has 6 heteroatoms. The second-order valence-electron chi connectivity index (χ2n) is 4.48. The number of esters is 1. The van der Waals surface area contributed by atoms with E-state index in [0.29, 0.717) is 10.0 Å². The Kier molecular flexibility index (Phi) is 4.78. The number of rotatable bonds is 3. The zero-order valence-corrected chi connectivity index (χ0v) is 13.4. The largest absolute Gasteiger partial charge is 0.426 e. The molecule has 2 aromatic rings. The molecule has 0 fully saturated rings. The minimum atomic E-state index is -0.725. The molecule has 2 rings (SSSR count). The van der Waals surface area contributed by atoms with Gasteiger partial charge >= 0.3 is 5.97 Å². The molecule has 0 radical (unpaired) electrons. The van der Waals surface area contributed by atoms with Gasteiger partial charge in [0.2, 0.25) is 0 Å². The zero-order chi connectivity index (χ0) is 16.3. The van der Waals surface area contributed by atoms with E-state index in [9.17, 15) is 14.0 Å². The summed E-state index contributed by atoms with van der Waals surface area (Å²) < 4.78 is 19.3. The van der Waals surface area contributed by atoms with Crippen LogP contribution in [0.4, 0.5) is 10.1 Å². The monoisotopic (exact) mass is 363 g/mol. The summed E-state index contributed by atoms with van der Waals surface area (Å²) in [5.41, 5.74) is 0.688. The first-order valence-electron chi connectivity index (χ1n) is 6.26. The van der Waals surface area contributed by atoms with Gasteiger partial charge in [0.05, 0.1) is 11.3 Å². The number of ether oxygens (including phenoxy) is 1. The molecular formula is C16H11BrFNO3. The zero-order valence-electron chi connectivity index (χ0n) is 11.8. The summed E-state index contributed by atoms with van der Waals surface area (Å²) in [6.45, 7) is 2.94. The highest BCUT2D eigenvalue weighted by Gasteiger charge is 2.18. The van der Waals surface area contributed by atoms with Crippen molar-refractivity contribution < 1.29 is 18.7 Å². The highest BCUT2D eigenvalue weighted by Crippen LogP contribution is 2.29. The molecule has 112 valence electrons. The first kappa shape index (κ1) is 16.0. The normalized spacial score (nSPS) is 9.82. The molecule has 0 heterocycles. The van der Waals surface area contributed by atoms with Gasteiger partial charge in [-0.1, -0.05) is 22.0 Å². The first-order chi connectivity index (χ1) is 10.4. The van der Waals surface area contributed by atoms with Gasteiger partial charge in [0, 0.05) is 11.4 Å². The summed E-state index contributed by atoms with van der Waals surface area (Å²) in [7, 11) is 0. The third-order valence-corrected chi connectivity index (χ3v) is 3.19. The fourth-order valence-corrected chi connectivity index (χ4v) is 2.41. The van der Waals surface area contributed by atoms with Crippen LogP contribution in [0, 0.1) is 24.9 Å². The van der Waals surface area contributed by atoms with Crippen molar-refractivity contribution in [2.45, 2.75) is 13.8 Å². The summed E-state index contributed by atoms with van der Waals surface area (Å²) in [6, 6.07) is 10.7. The number of halogens is 2. The lowest BCUT2D eigenvalue weighted by molar-refractivity contribution is -0.131.